The maximum atomic E-state index is 5.89. The van der Waals surface area contributed by atoms with Crippen molar-refractivity contribution in [3.63, 3.8) is 0 Å². The Balaban J connectivity index is 1.50. The first kappa shape index (κ1) is 16.5. The number of nitrogens with zero attached hydrogens (tertiary/aromatic N) is 4. The minimum atomic E-state index is 0.364. The molecular weight excluding hydrogens is 348 g/mol. The summed E-state index contributed by atoms with van der Waals surface area (Å²) in [5, 5.41) is 13.9. The van der Waals surface area contributed by atoms with Crippen LogP contribution in [0.2, 0.25) is 0 Å². The lowest BCUT2D eigenvalue weighted by atomic mass is 10.1. The molecule has 0 aliphatic carbocycles. The number of fused-ring (bicyclic) bond motifs is 1. The molecule has 0 unspecified atom stereocenters. The molecule has 7 heteroatoms. The summed E-state index contributed by atoms with van der Waals surface area (Å²) >= 11 is 1.48. The molecule has 0 aliphatic rings. The fourth-order valence-electron chi connectivity index (χ4n) is 2.63. The van der Waals surface area contributed by atoms with Gasteiger partial charge in [-0.2, -0.15) is 9.61 Å². The van der Waals surface area contributed by atoms with Crippen molar-refractivity contribution in [1.29, 1.82) is 0 Å². The quantitative estimate of drug-likeness (QED) is 0.498. The van der Waals surface area contributed by atoms with Gasteiger partial charge in [0.25, 0.3) is 0 Å². The second kappa shape index (κ2) is 7.53. The molecule has 0 N–H and O–H groups in total. The molecule has 0 aliphatic heterocycles. The number of hydrogen-bond donors (Lipinski definition) is 0. The van der Waals surface area contributed by atoms with Gasteiger partial charge in [0, 0.05) is 6.42 Å². The lowest BCUT2D eigenvalue weighted by molar-refractivity contribution is 0.268. The molecule has 4 aromatic rings. The topological polar surface area (TPSA) is 61.5 Å². The minimum Gasteiger partial charge on any atom is -0.490 e. The van der Waals surface area contributed by atoms with E-state index in [0.717, 1.165) is 21.5 Å². The lowest BCUT2D eigenvalue weighted by Crippen LogP contribution is -2.01. The van der Waals surface area contributed by atoms with Crippen LogP contribution in [-0.2, 0) is 13.0 Å². The largest absolute Gasteiger partial charge is 0.490 e. The third-order valence-electron chi connectivity index (χ3n) is 3.80. The third-order valence-corrected chi connectivity index (χ3v) is 4.67. The van der Waals surface area contributed by atoms with E-state index in [0.29, 0.717) is 25.4 Å². The van der Waals surface area contributed by atoms with E-state index >= 15 is 0 Å². The smallest absolute Gasteiger partial charge is 0.234 e. The number of aromatic nitrogens is 4. The van der Waals surface area contributed by atoms with Crippen LogP contribution in [0.5, 0.6) is 11.5 Å². The Kier molecular flexibility index (Phi) is 4.79. The first-order valence-corrected chi connectivity index (χ1v) is 9.23. The van der Waals surface area contributed by atoms with Crippen molar-refractivity contribution in [3.05, 3.63) is 71.0 Å². The van der Waals surface area contributed by atoms with Gasteiger partial charge < -0.3 is 9.47 Å². The van der Waals surface area contributed by atoms with Crippen molar-refractivity contribution in [1.82, 2.24) is 19.8 Å². The van der Waals surface area contributed by atoms with E-state index in [2.05, 4.69) is 27.4 Å². The zero-order chi connectivity index (χ0) is 17.8. The number of hydrogen-bond acceptors (Lipinski definition) is 6. The molecule has 0 radical (unpaired) electrons. The lowest BCUT2D eigenvalue weighted by Gasteiger charge is -2.10. The Labute approximate surface area is 155 Å². The van der Waals surface area contributed by atoms with Crippen molar-refractivity contribution < 1.29 is 9.47 Å². The molecule has 0 amide bonds. The summed E-state index contributed by atoms with van der Waals surface area (Å²) in [6.45, 7) is 2.91. The molecule has 0 fully saturated rings. The molecule has 0 spiro atoms. The highest BCUT2D eigenvalue weighted by molar-refractivity contribution is 7.16. The Morgan fingerprint density at radius 3 is 2.42 bits per heavy atom. The Morgan fingerprint density at radius 1 is 0.923 bits per heavy atom. The van der Waals surface area contributed by atoms with Crippen LogP contribution in [0, 0.1) is 0 Å². The predicted octanol–water partition coefficient (Wildman–Crippen LogP) is 3.75. The fourth-order valence-corrected chi connectivity index (χ4v) is 3.39. The molecule has 26 heavy (non-hydrogen) atoms. The van der Waals surface area contributed by atoms with Crippen LogP contribution in [0.15, 0.2) is 54.6 Å². The van der Waals surface area contributed by atoms with Gasteiger partial charge in [0.15, 0.2) is 22.3 Å². The molecule has 6 nitrogen and oxygen atoms in total. The monoisotopic (exact) mass is 366 g/mol. The normalized spacial score (nSPS) is 11.0. The highest BCUT2D eigenvalue weighted by Crippen LogP contribution is 2.27. The van der Waals surface area contributed by atoms with Crippen LogP contribution in [0.25, 0.3) is 4.96 Å². The van der Waals surface area contributed by atoms with Gasteiger partial charge in [-0.25, -0.2) is 0 Å². The van der Waals surface area contributed by atoms with E-state index < -0.39 is 0 Å². The van der Waals surface area contributed by atoms with Crippen LogP contribution >= 0.6 is 11.3 Å². The average Bonchev–Trinajstić information content (AvgIpc) is 3.24. The Morgan fingerprint density at radius 2 is 1.65 bits per heavy atom. The standard InChI is InChI=1S/C19H18N4O2S/c1-2-24-15-10-6-7-11-16(15)25-13-18-22-23-17(20-21-19(23)26-18)12-14-8-4-3-5-9-14/h3-11H,2,12-13H2,1H3. The van der Waals surface area contributed by atoms with Crippen LogP contribution in [-0.4, -0.2) is 26.4 Å². The summed E-state index contributed by atoms with van der Waals surface area (Å²) in [6.07, 6.45) is 0.694. The van der Waals surface area contributed by atoms with Crippen molar-refractivity contribution in [2.45, 2.75) is 20.0 Å². The van der Waals surface area contributed by atoms with Crippen LogP contribution in [0.4, 0.5) is 0 Å². The highest BCUT2D eigenvalue weighted by atomic mass is 32.1. The summed E-state index contributed by atoms with van der Waals surface area (Å²) in [6, 6.07) is 17.8. The van der Waals surface area contributed by atoms with Gasteiger partial charge in [-0.15, -0.1) is 10.2 Å². The summed E-state index contributed by atoms with van der Waals surface area (Å²) < 4.78 is 13.3. The molecule has 132 valence electrons. The van der Waals surface area contributed by atoms with Crippen molar-refractivity contribution in [2.75, 3.05) is 6.61 Å². The van der Waals surface area contributed by atoms with Crippen LogP contribution < -0.4 is 9.47 Å². The first-order valence-electron chi connectivity index (χ1n) is 8.42. The van der Waals surface area contributed by atoms with Crippen molar-refractivity contribution >= 4 is 16.3 Å². The summed E-state index contributed by atoms with van der Waals surface area (Å²) in [4.78, 5) is 0.771. The van der Waals surface area contributed by atoms with E-state index in [1.54, 1.807) is 4.52 Å². The van der Waals surface area contributed by atoms with Crippen LogP contribution in [0.1, 0.15) is 23.3 Å². The van der Waals surface area contributed by atoms with Gasteiger partial charge in [-0.3, -0.25) is 0 Å². The van der Waals surface area contributed by atoms with E-state index in [4.69, 9.17) is 9.47 Å². The van der Waals surface area contributed by atoms with E-state index in [-0.39, 0.29) is 0 Å². The maximum absolute atomic E-state index is 5.89. The number of benzene rings is 2. The fraction of sp³-hybridized carbons (Fsp3) is 0.211. The predicted molar refractivity (Wildman–Crippen MR) is 99.9 cm³/mol. The Bertz CT molecular complexity index is 997. The molecule has 0 saturated carbocycles. The SMILES string of the molecule is CCOc1ccccc1OCc1nn2c(Cc3ccccc3)nnc2s1. The minimum absolute atomic E-state index is 0.364. The zero-order valence-corrected chi connectivity index (χ0v) is 15.1. The second-order valence-corrected chi connectivity index (χ2v) is 6.68. The summed E-state index contributed by atoms with van der Waals surface area (Å²) in [5.74, 6) is 2.27. The molecule has 2 aromatic heterocycles. The van der Waals surface area contributed by atoms with Gasteiger partial charge in [0.1, 0.15) is 6.61 Å². The third kappa shape index (κ3) is 3.52. The van der Waals surface area contributed by atoms with E-state index in [9.17, 15) is 0 Å². The number of ether oxygens (including phenoxy) is 2. The maximum Gasteiger partial charge on any atom is 0.234 e. The molecule has 2 heterocycles. The molecular formula is C19H18N4O2S. The summed E-state index contributed by atoms with van der Waals surface area (Å²) in [5.41, 5.74) is 1.18. The second-order valence-electron chi connectivity index (χ2n) is 5.64. The first-order chi connectivity index (χ1) is 12.8. The van der Waals surface area contributed by atoms with E-state index in [1.807, 2.05) is 49.4 Å². The zero-order valence-electron chi connectivity index (χ0n) is 14.3. The molecule has 0 atom stereocenters. The highest BCUT2D eigenvalue weighted by Gasteiger charge is 2.13. The van der Waals surface area contributed by atoms with Crippen molar-refractivity contribution in [2.24, 2.45) is 0 Å². The van der Waals surface area contributed by atoms with Gasteiger partial charge in [0.05, 0.1) is 6.61 Å². The summed E-state index contributed by atoms with van der Waals surface area (Å²) in [7, 11) is 0. The molecule has 2 aromatic carbocycles. The number of rotatable bonds is 7. The average molecular weight is 366 g/mol. The molecule has 0 saturated heterocycles. The van der Waals surface area contributed by atoms with Crippen LogP contribution in [0.3, 0.4) is 0 Å². The Hall–Kier alpha value is -2.93. The van der Waals surface area contributed by atoms with Crippen molar-refractivity contribution in [3.8, 4) is 11.5 Å². The number of para-hydroxylation sites is 2. The van der Waals surface area contributed by atoms with E-state index in [1.165, 1.54) is 16.9 Å². The van der Waals surface area contributed by atoms with Gasteiger partial charge in [0.2, 0.25) is 4.96 Å². The molecule has 4 rings (SSSR count). The van der Waals surface area contributed by atoms with Gasteiger partial charge in [-0.05, 0) is 24.6 Å². The van der Waals surface area contributed by atoms with Gasteiger partial charge in [-0.1, -0.05) is 53.8 Å². The molecule has 0 bridgehead atoms. The van der Waals surface area contributed by atoms with Gasteiger partial charge >= 0.3 is 0 Å².